The molecule has 0 N–H and O–H groups in total. The zero-order chi connectivity index (χ0) is 17.8. The summed E-state index contributed by atoms with van der Waals surface area (Å²) < 4.78 is 5.14. The highest BCUT2D eigenvalue weighted by molar-refractivity contribution is 5.97. The minimum absolute atomic E-state index is 0.0462. The molecule has 0 atom stereocenters. The maximum Gasteiger partial charge on any atom is 0.253 e. The average Bonchev–Trinajstić information content (AvgIpc) is 3.08. The summed E-state index contributed by atoms with van der Waals surface area (Å²) in [4.78, 5) is 27.8. The summed E-state index contributed by atoms with van der Waals surface area (Å²) in [5.41, 5.74) is 2.51. The van der Waals surface area contributed by atoms with E-state index in [1.807, 2.05) is 36.4 Å². The Morgan fingerprint density at radius 3 is 2.36 bits per heavy atom. The quantitative estimate of drug-likeness (QED) is 0.842. The van der Waals surface area contributed by atoms with E-state index in [-0.39, 0.29) is 11.8 Å². The van der Waals surface area contributed by atoms with Gasteiger partial charge in [0.2, 0.25) is 5.91 Å². The third-order valence-corrected chi connectivity index (χ3v) is 4.42. The SMILES string of the molecule is COc1ccc(CN(C)C(=O)c2ccc(N3CCCC3=O)cc2)cc1. The summed E-state index contributed by atoms with van der Waals surface area (Å²) in [5, 5.41) is 0. The monoisotopic (exact) mass is 338 g/mol. The number of carbonyl (C=O) groups excluding carboxylic acids is 2. The predicted octanol–water partition coefficient (Wildman–Crippen LogP) is 3.09. The number of amides is 2. The molecule has 0 aliphatic carbocycles. The summed E-state index contributed by atoms with van der Waals surface area (Å²) in [7, 11) is 3.41. The minimum Gasteiger partial charge on any atom is -0.497 e. The highest BCUT2D eigenvalue weighted by Gasteiger charge is 2.22. The van der Waals surface area contributed by atoms with E-state index in [1.54, 1.807) is 36.1 Å². The van der Waals surface area contributed by atoms with E-state index in [9.17, 15) is 9.59 Å². The number of hydrogen-bond donors (Lipinski definition) is 0. The molecule has 2 amide bonds. The van der Waals surface area contributed by atoms with Crippen LogP contribution in [0.25, 0.3) is 0 Å². The van der Waals surface area contributed by atoms with Crippen LogP contribution in [0.5, 0.6) is 5.75 Å². The molecule has 5 heteroatoms. The van der Waals surface area contributed by atoms with Gasteiger partial charge in [-0.25, -0.2) is 0 Å². The fourth-order valence-electron chi connectivity index (χ4n) is 3.00. The molecule has 0 radical (unpaired) electrons. The molecule has 0 saturated carbocycles. The first-order valence-electron chi connectivity index (χ1n) is 8.37. The lowest BCUT2D eigenvalue weighted by Crippen LogP contribution is -2.26. The summed E-state index contributed by atoms with van der Waals surface area (Å²) >= 11 is 0. The van der Waals surface area contributed by atoms with Crippen molar-refractivity contribution in [3.63, 3.8) is 0 Å². The Morgan fingerprint density at radius 2 is 1.80 bits per heavy atom. The summed E-state index contributed by atoms with van der Waals surface area (Å²) in [5.74, 6) is 0.899. The normalized spacial score (nSPS) is 13.8. The van der Waals surface area contributed by atoms with Crippen LogP contribution in [0.4, 0.5) is 5.69 Å². The van der Waals surface area contributed by atoms with Crippen LogP contribution in [-0.2, 0) is 11.3 Å². The van der Waals surface area contributed by atoms with Gasteiger partial charge in [0, 0.05) is 37.8 Å². The van der Waals surface area contributed by atoms with Crippen LogP contribution in [-0.4, -0.2) is 37.4 Å². The topological polar surface area (TPSA) is 49.9 Å². The number of anilines is 1. The molecular formula is C20H22N2O3. The highest BCUT2D eigenvalue weighted by atomic mass is 16.5. The molecule has 0 aromatic heterocycles. The van der Waals surface area contributed by atoms with E-state index >= 15 is 0 Å². The first-order valence-corrected chi connectivity index (χ1v) is 8.37. The second-order valence-corrected chi connectivity index (χ2v) is 6.21. The third-order valence-electron chi connectivity index (χ3n) is 4.42. The Balaban J connectivity index is 1.66. The maximum atomic E-state index is 12.6. The van der Waals surface area contributed by atoms with E-state index in [1.165, 1.54) is 0 Å². The van der Waals surface area contributed by atoms with Gasteiger partial charge in [0.25, 0.3) is 5.91 Å². The second-order valence-electron chi connectivity index (χ2n) is 6.21. The van der Waals surface area contributed by atoms with Crippen molar-refractivity contribution in [3.8, 4) is 5.75 Å². The van der Waals surface area contributed by atoms with E-state index in [4.69, 9.17) is 4.74 Å². The predicted molar refractivity (Wildman–Crippen MR) is 96.8 cm³/mol. The molecule has 0 bridgehead atoms. The van der Waals surface area contributed by atoms with Gasteiger partial charge in [-0.15, -0.1) is 0 Å². The van der Waals surface area contributed by atoms with E-state index in [0.717, 1.165) is 30.0 Å². The summed E-state index contributed by atoms with van der Waals surface area (Å²) in [6, 6.07) is 14.9. The van der Waals surface area contributed by atoms with Gasteiger partial charge in [-0.05, 0) is 48.4 Å². The van der Waals surface area contributed by atoms with Gasteiger partial charge >= 0.3 is 0 Å². The smallest absolute Gasteiger partial charge is 0.253 e. The molecule has 25 heavy (non-hydrogen) atoms. The first kappa shape index (κ1) is 17.0. The largest absolute Gasteiger partial charge is 0.497 e. The number of nitrogens with zero attached hydrogens (tertiary/aromatic N) is 2. The standard InChI is InChI=1S/C20H22N2O3/c1-21(14-15-5-11-18(25-2)12-6-15)20(24)16-7-9-17(10-8-16)22-13-3-4-19(22)23/h5-12H,3-4,13-14H2,1-2H3. The van der Waals surface area contributed by atoms with E-state index < -0.39 is 0 Å². The van der Waals surface area contributed by atoms with Crippen LogP contribution in [0.3, 0.4) is 0 Å². The van der Waals surface area contributed by atoms with Crippen LogP contribution in [0.1, 0.15) is 28.8 Å². The van der Waals surface area contributed by atoms with Crippen molar-refractivity contribution in [1.29, 1.82) is 0 Å². The first-order chi connectivity index (χ1) is 12.1. The number of methoxy groups -OCH3 is 1. The van der Waals surface area contributed by atoms with Crippen molar-refractivity contribution < 1.29 is 14.3 Å². The molecule has 2 aromatic rings. The van der Waals surface area contributed by atoms with Gasteiger partial charge in [0.05, 0.1) is 7.11 Å². The third kappa shape index (κ3) is 3.82. The molecule has 3 rings (SSSR count). The molecular weight excluding hydrogens is 316 g/mol. The van der Waals surface area contributed by atoms with Gasteiger partial charge in [0.15, 0.2) is 0 Å². The number of benzene rings is 2. The van der Waals surface area contributed by atoms with E-state index in [2.05, 4.69) is 0 Å². The lowest BCUT2D eigenvalue weighted by Gasteiger charge is -2.19. The Morgan fingerprint density at radius 1 is 1.12 bits per heavy atom. The van der Waals surface area contributed by atoms with Crippen molar-refractivity contribution in [2.75, 3.05) is 25.6 Å². The summed E-state index contributed by atoms with van der Waals surface area (Å²) in [6.45, 7) is 1.28. The molecule has 1 saturated heterocycles. The lowest BCUT2D eigenvalue weighted by molar-refractivity contribution is -0.117. The van der Waals surface area contributed by atoms with Gasteiger partial charge in [-0.2, -0.15) is 0 Å². The average molecular weight is 338 g/mol. The number of carbonyl (C=O) groups is 2. The number of ether oxygens (including phenoxy) is 1. The van der Waals surface area contributed by atoms with Crippen molar-refractivity contribution in [1.82, 2.24) is 4.90 Å². The van der Waals surface area contributed by atoms with Crippen molar-refractivity contribution >= 4 is 17.5 Å². The van der Waals surface area contributed by atoms with Gasteiger partial charge < -0.3 is 14.5 Å². The van der Waals surface area contributed by atoms with Crippen LogP contribution in [0.15, 0.2) is 48.5 Å². The number of hydrogen-bond acceptors (Lipinski definition) is 3. The fourth-order valence-corrected chi connectivity index (χ4v) is 3.00. The molecule has 2 aromatic carbocycles. The molecule has 0 spiro atoms. The maximum absolute atomic E-state index is 12.6. The second kappa shape index (κ2) is 7.38. The molecule has 130 valence electrons. The zero-order valence-corrected chi connectivity index (χ0v) is 14.6. The van der Waals surface area contributed by atoms with Gasteiger partial charge in [0.1, 0.15) is 5.75 Å². The fraction of sp³-hybridized carbons (Fsp3) is 0.300. The van der Waals surface area contributed by atoms with Crippen LogP contribution < -0.4 is 9.64 Å². The Hall–Kier alpha value is -2.82. The Bertz CT molecular complexity index is 754. The van der Waals surface area contributed by atoms with Crippen LogP contribution >= 0.6 is 0 Å². The van der Waals surface area contributed by atoms with Gasteiger partial charge in [-0.1, -0.05) is 12.1 Å². The highest BCUT2D eigenvalue weighted by Crippen LogP contribution is 2.22. The van der Waals surface area contributed by atoms with Crippen LogP contribution in [0.2, 0.25) is 0 Å². The minimum atomic E-state index is -0.0462. The van der Waals surface area contributed by atoms with Crippen molar-refractivity contribution in [2.24, 2.45) is 0 Å². The number of rotatable bonds is 5. The van der Waals surface area contributed by atoms with Crippen LogP contribution in [0, 0.1) is 0 Å². The van der Waals surface area contributed by atoms with E-state index in [0.29, 0.717) is 18.5 Å². The zero-order valence-electron chi connectivity index (χ0n) is 14.6. The molecule has 1 fully saturated rings. The molecule has 1 heterocycles. The lowest BCUT2D eigenvalue weighted by atomic mass is 10.1. The summed E-state index contributed by atoms with van der Waals surface area (Å²) in [6.07, 6.45) is 1.50. The molecule has 1 aliphatic heterocycles. The molecule has 1 aliphatic rings. The van der Waals surface area contributed by atoms with Gasteiger partial charge in [-0.3, -0.25) is 9.59 Å². The van der Waals surface area contributed by atoms with Crippen molar-refractivity contribution in [2.45, 2.75) is 19.4 Å². The Kier molecular flexibility index (Phi) is 5.03. The molecule has 0 unspecified atom stereocenters. The Labute approximate surface area is 147 Å². The molecule has 5 nitrogen and oxygen atoms in total. The van der Waals surface area contributed by atoms with Crippen molar-refractivity contribution in [3.05, 3.63) is 59.7 Å².